The number of carbonyl (C=O) groups is 1. The minimum atomic E-state index is -0.223. The van der Waals surface area contributed by atoms with E-state index in [1.807, 2.05) is 20.8 Å². The van der Waals surface area contributed by atoms with Crippen molar-refractivity contribution in [2.24, 2.45) is 5.41 Å². The normalized spacial score (nSPS) is 22.3. The molecule has 1 aliphatic heterocycles. The molecular formula is C20H27N3O2S. The third kappa shape index (κ3) is 3.09. The Labute approximate surface area is 158 Å². The van der Waals surface area contributed by atoms with Gasteiger partial charge in [-0.15, -0.1) is 0 Å². The molecular weight excluding hydrogens is 346 g/mol. The molecule has 5 nitrogen and oxygen atoms in total. The highest BCUT2D eigenvalue weighted by Crippen LogP contribution is 2.56. The second kappa shape index (κ2) is 6.82. The molecule has 140 valence electrons. The number of nitrogens with zero attached hydrogens (tertiary/aromatic N) is 2. The van der Waals surface area contributed by atoms with Crippen LogP contribution in [0.1, 0.15) is 54.7 Å². The summed E-state index contributed by atoms with van der Waals surface area (Å²) in [5.41, 5.74) is 3.33. The molecule has 2 aromatic heterocycles. The predicted molar refractivity (Wildman–Crippen MR) is 102 cm³/mol. The number of hydrogen-bond donors (Lipinski definition) is 1. The Morgan fingerprint density at radius 2 is 2.23 bits per heavy atom. The summed E-state index contributed by atoms with van der Waals surface area (Å²) in [6.45, 7) is 8.65. The van der Waals surface area contributed by atoms with Crippen LogP contribution in [0.2, 0.25) is 0 Å². The lowest BCUT2D eigenvalue weighted by atomic mass is 9.92. The lowest BCUT2D eigenvalue weighted by Crippen LogP contribution is -2.40. The third-order valence-electron chi connectivity index (χ3n) is 6.23. The van der Waals surface area contributed by atoms with E-state index >= 15 is 0 Å². The van der Waals surface area contributed by atoms with Crippen LogP contribution in [0.15, 0.2) is 21.3 Å². The van der Waals surface area contributed by atoms with Crippen LogP contribution >= 0.6 is 11.3 Å². The third-order valence-corrected chi connectivity index (χ3v) is 6.96. The Morgan fingerprint density at radius 1 is 1.46 bits per heavy atom. The topological polar surface area (TPSA) is 58.4 Å². The van der Waals surface area contributed by atoms with E-state index in [0.29, 0.717) is 18.0 Å². The fourth-order valence-electron chi connectivity index (χ4n) is 4.63. The van der Waals surface area contributed by atoms with Crippen LogP contribution in [-0.2, 0) is 11.3 Å². The number of aryl methyl sites for hydroxylation is 2. The Balaban J connectivity index is 1.59. The Hall–Kier alpha value is -1.66. The number of nitrogens with one attached hydrogen (secondary N) is 1. The van der Waals surface area contributed by atoms with E-state index < -0.39 is 0 Å². The molecule has 1 saturated heterocycles. The second-order valence-corrected chi connectivity index (χ2v) is 8.67. The largest absolute Gasteiger partial charge is 0.361 e. The SMILES string of the molecule is Cc1noc(C)c1[C@@H](C)C(=O)N(Cc1ccsc1)[C@H]1CC12CCNCC2. The first-order valence-corrected chi connectivity index (χ1v) is 10.4. The van der Waals surface area contributed by atoms with Gasteiger partial charge in [0.15, 0.2) is 0 Å². The highest BCUT2D eigenvalue weighted by molar-refractivity contribution is 7.07. The number of thiophene rings is 1. The van der Waals surface area contributed by atoms with E-state index in [2.05, 4.69) is 32.2 Å². The van der Waals surface area contributed by atoms with Crippen LogP contribution in [0.4, 0.5) is 0 Å². The second-order valence-electron chi connectivity index (χ2n) is 7.89. The Morgan fingerprint density at radius 3 is 2.85 bits per heavy atom. The first kappa shape index (κ1) is 17.7. The van der Waals surface area contributed by atoms with Crippen LogP contribution < -0.4 is 5.32 Å². The van der Waals surface area contributed by atoms with Crippen molar-refractivity contribution in [3.8, 4) is 0 Å². The maximum atomic E-state index is 13.5. The number of aromatic nitrogens is 1. The standard InChI is InChI=1S/C20H27N3O2S/c1-13(18-14(2)22-25-15(18)3)19(24)23(11-16-4-9-26-12-16)17-10-20(17)5-7-21-8-6-20/h4,9,12-13,17,21H,5-8,10-11H2,1-3H3/t13-,17+/m1/s1. The molecule has 0 radical (unpaired) electrons. The van der Waals surface area contributed by atoms with E-state index in [-0.39, 0.29) is 11.8 Å². The lowest BCUT2D eigenvalue weighted by molar-refractivity contribution is -0.134. The first-order valence-electron chi connectivity index (χ1n) is 9.47. The summed E-state index contributed by atoms with van der Waals surface area (Å²) in [5, 5.41) is 11.7. The van der Waals surface area contributed by atoms with Crippen molar-refractivity contribution in [3.63, 3.8) is 0 Å². The highest BCUT2D eigenvalue weighted by atomic mass is 32.1. The average Bonchev–Trinajstić information content (AvgIpc) is 2.99. The molecule has 3 heterocycles. The Bertz CT molecular complexity index is 758. The number of hydrogen-bond acceptors (Lipinski definition) is 5. The van der Waals surface area contributed by atoms with E-state index in [9.17, 15) is 4.79 Å². The van der Waals surface area contributed by atoms with Crippen LogP contribution in [-0.4, -0.2) is 35.1 Å². The molecule has 2 fully saturated rings. The molecule has 1 N–H and O–H groups in total. The fraction of sp³-hybridized carbons (Fsp3) is 0.600. The van der Waals surface area contributed by atoms with Gasteiger partial charge in [-0.1, -0.05) is 5.16 Å². The summed E-state index contributed by atoms with van der Waals surface area (Å²) in [6, 6.07) is 2.49. The highest BCUT2D eigenvalue weighted by Gasteiger charge is 2.58. The van der Waals surface area contributed by atoms with Crippen LogP contribution in [0, 0.1) is 19.3 Å². The Kier molecular flexibility index (Phi) is 4.65. The van der Waals surface area contributed by atoms with Gasteiger partial charge in [0.05, 0.1) is 11.6 Å². The molecule has 1 spiro atoms. The van der Waals surface area contributed by atoms with Crippen LogP contribution in [0.5, 0.6) is 0 Å². The summed E-state index contributed by atoms with van der Waals surface area (Å²) in [7, 11) is 0. The summed E-state index contributed by atoms with van der Waals surface area (Å²) in [5.74, 6) is 0.733. The quantitative estimate of drug-likeness (QED) is 0.869. The van der Waals surface area contributed by atoms with Crippen molar-refractivity contribution in [2.45, 2.75) is 58.5 Å². The van der Waals surface area contributed by atoms with Gasteiger partial charge in [-0.25, -0.2) is 0 Å². The van der Waals surface area contributed by atoms with Gasteiger partial charge >= 0.3 is 0 Å². The van der Waals surface area contributed by atoms with Gasteiger partial charge in [-0.3, -0.25) is 4.79 Å². The number of rotatable bonds is 5. The summed E-state index contributed by atoms with van der Waals surface area (Å²) in [4.78, 5) is 15.7. The van der Waals surface area contributed by atoms with E-state index in [0.717, 1.165) is 36.5 Å². The van der Waals surface area contributed by atoms with Gasteiger partial charge < -0.3 is 14.7 Å². The molecule has 2 aromatic rings. The summed E-state index contributed by atoms with van der Waals surface area (Å²) >= 11 is 1.69. The van der Waals surface area contributed by atoms with E-state index in [4.69, 9.17) is 4.52 Å². The zero-order chi connectivity index (χ0) is 18.3. The maximum Gasteiger partial charge on any atom is 0.230 e. The molecule has 26 heavy (non-hydrogen) atoms. The van der Waals surface area contributed by atoms with Gasteiger partial charge in [-0.2, -0.15) is 11.3 Å². The van der Waals surface area contributed by atoms with Gasteiger partial charge in [-0.05, 0) is 80.9 Å². The van der Waals surface area contributed by atoms with Crippen molar-refractivity contribution in [3.05, 3.63) is 39.4 Å². The molecule has 1 amide bonds. The molecule has 2 aliphatic rings. The van der Waals surface area contributed by atoms with Crippen molar-refractivity contribution in [2.75, 3.05) is 13.1 Å². The monoisotopic (exact) mass is 373 g/mol. The predicted octanol–water partition coefficient (Wildman–Crippen LogP) is 3.63. The number of carbonyl (C=O) groups excluding carboxylic acids is 1. The minimum Gasteiger partial charge on any atom is -0.361 e. The zero-order valence-electron chi connectivity index (χ0n) is 15.7. The zero-order valence-corrected chi connectivity index (χ0v) is 16.6. The lowest BCUT2D eigenvalue weighted by Gasteiger charge is -2.31. The van der Waals surface area contributed by atoms with Crippen LogP contribution in [0.25, 0.3) is 0 Å². The fourth-order valence-corrected chi connectivity index (χ4v) is 5.29. The maximum absolute atomic E-state index is 13.5. The molecule has 1 aliphatic carbocycles. The molecule has 0 aromatic carbocycles. The van der Waals surface area contributed by atoms with Gasteiger partial charge in [0.2, 0.25) is 5.91 Å². The van der Waals surface area contributed by atoms with Crippen molar-refractivity contribution in [1.29, 1.82) is 0 Å². The summed E-state index contributed by atoms with van der Waals surface area (Å²) in [6.07, 6.45) is 3.48. The molecule has 0 bridgehead atoms. The van der Waals surface area contributed by atoms with Gasteiger partial charge in [0.25, 0.3) is 0 Å². The van der Waals surface area contributed by atoms with Gasteiger partial charge in [0, 0.05) is 18.2 Å². The van der Waals surface area contributed by atoms with Crippen molar-refractivity contribution in [1.82, 2.24) is 15.4 Å². The number of amides is 1. The molecule has 4 rings (SSSR count). The molecule has 1 saturated carbocycles. The molecule has 0 unspecified atom stereocenters. The van der Waals surface area contributed by atoms with Crippen molar-refractivity contribution < 1.29 is 9.32 Å². The molecule has 2 atom stereocenters. The van der Waals surface area contributed by atoms with Crippen molar-refractivity contribution >= 4 is 17.2 Å². The number of piperidine rings is 1. The van der Waals surface area contributed by atoms with E-state index in [1.54, 1.807) is 11.3 Å². The summed E-state index contributed by atoms with van der Waals surface area (Å²) < 4.78 is 5.31. The van der Waals surface area contributed by atoms with E-state index in [1.165, 1.54) is 18.4 Å². The smallest absolute Gasteiger partial charge is 0.230 e. The minimum absolute atomic E-state index is 0.200. The van der Waals surface area contributed by atoms with Crippen LogP contribution in [0.3, 0.4) is 0 Å². The average molecular weight is 374 g/mol. The van der Waals surface area contributed by atoms with Gasteiger partial charge in [0.1, 0.15) is 5.76 Å². The molecule has 6 heteroatoms. The first-order chi connectivity index (χ1) is 12.5.